The summed E-state index contributed by atoms with van der Waals surface area (Å²) in [5.74, 6) is -4.36. The molecule has 11 nitrogen and oxygen atoms in total. The lowest BCUT2D eigenvalue weighted by Crippen LogP contribution is -2.45. The summed E-state index contributed by atoms with van der Waals surface area (Å²) >= 11 is 0. The molecule has 5 rings (SSSR count). The van der Waals surface area contributed by atoms with Gasteiger partial charge in [-0.05, 0) is 50.7 Å². The van der Waals surface area contributed by atoms with E-state index in [0.717, 1.165) is 25.0 Å². The number of rotatable bonds is 6. The van der Waals surface area contributed by atoms with Gasteiger partial charge < -0.3 is 26.0 Å². The Morgan fingerprint density at radius 1 is 1.08 bits per heavy atom. The van der Waals surface area contributed by atoms with Crippen LogP contribution in [0.5, 0.6) is 0 Å². The topological polar surface area (TPSA) is 140 Å². The number of amides is 2. The third kappa shape index (κ3) is 5.40. The van der Waals surface area contributed by atoms with Crippen LogP contribution in [0.25, 0.3) is 11.2 Å². The van der Waals surface area contributed by atoms with E-state index in [0.29, 0.717) is 55.9 Å². The smallest absolute Gasteiger partial charge is 0.409 e. The van der Waals surface area contributed by atoms with Gasteiger partial charge in [0, 0.05) is 31.1 Å². The quantitative estimate of drug-likeness (QED) is 0.396. The third-order valence-electron chi connectivity index (χ3n) is 7.37. The van der Waals surface area contributed by atoms with Gasteiger partial charge in [0.05, 0.1) is 19.0 Å². The van der Waals surface area contributed by atoms with Crippen LogP contribution in [0, 0.1) is 23.4 Å². The standard InChI is InChI=1S/C25H29F3N8O3/c1-39-25(38)35-10-2-3-14(12-35)31-23-30-11-18-22(34-23)36(15-6-4-13(5-7-15)21(29)37)24(33-18)32-17-9-8-16(26)19(27)20(17)28/h8-9,11,13-15H,2-7,10,12H2,1H3,(H2,29,37)(H,32,33)(H,30,31,34)/t13-,14?,15+. The van der Waals surface area contributed by atoms with Crippen molar-refractivity contribution in [3.05, 3.63) is 35.8 Å². The van der Waals surface area contributed by atoms with E-state index < -0.39 is 23.5 Å². The van der Waals surface area contributed by atoms with Gasteiger partial charge in [-0.1, -0.05) is 0 Å². The molecule has 14 heteroatoms. The van der Waals surface area contributed by atoms with Crippen molar-refractivity contribution in [3.8, 4) is 0 Å². The molecule has 1 aliphatic carbocycles. The molecule has 0 spiro atoms. The first-order valence-corrected chi connectivity index (χ1v) is 12.8. The number of primary amides is 1. The highest BCUT2D eigenvalue weighted by Crippen LogP contribution is 2.37. The van der Waals surface area contributed by atoms with Crippen LogP contribution in [0.1, 0.15) is 44.6 Å². The summed E-state index contributed by atoms with van der Waals surface area (Å²) in [7, 11) is 1.34. The van der Waals surface area contributed by atoms with Crippen LogP contribution in [-0.2, 0) is 9.53 Å². The zero-order chi connectivity index (χ0) is 27.7. The Morgan fingerprint density at radius 3 is 2.56 bits per heavy atom. The van der Waals surface area contributed by atoms with Gasteiger partial charge in [-0.3, -0.25) is 9.36 Å². The number of imidazole rings is 1. The number of carbonyl (C=O) groups excluding carboxylic acids is 2. The number of hydrogen-bond donors (Lipinski definition) is 3. The van der Waals surface area contributed by atoms with E-state index in [2.05, 4.69) is 25.6 Å². The predicted octanol–water partition coefficient (Wildman–Crippen LogP) is 3.85. The highest BCUT2D eigenvalue weighted by atomic mass is 19.2. The molecule has 39 heavy (non-hydrogen) atoms. The number of benzene rings is 1. The van der Waals surface area contributed by atoms with Crippen molar-refractivity contribution in [1.29, 1.82) is 0 Å². The molecule has 4 N–H and O–H groups in total. The SMILES string of the molecule is COC(=O)N1CCCC(Nc2ncc3nc(Nc4ccc(F)c(F)c4F)n([C@H]4CC[C@@H](C(N)=O)CC4)c3n2)C1. The molecular formula is C25H29F3N8O3. The third-order valence-corrected chi connectivity index (χ3v) is 7.37. The Hall–Kier alpha value is -4.10. The summed E-state index contributed by atoms with van der Waals surface area (Å²) < 4.78 is 48.6. The van der Waals surface area contributed by atoms with Crippen molar-refractivity contribution in [2.75, 3.05) is 30.8 Å². The maximum atomic E-state index is 14.5. The second kappa shape index (κ2) is 10.9. The number of anilines is 3. The van der Waals surface area contributed by atoms with E-state index in [-0.39, 0.29) is 35.5 Å². The first kappa shape index (κ1) is 26.5. The van der Waals surface area contributed by atoms with Crippen LogP contribution in [0.2, 0.25) is 0 Å². The number of fused-ring (bicyclic) bond motifs is 1. The summed E-state index contributed by atoms with van der Waals surface area (Å²) in [6, 6.07) is 1.64. The summed E-state index contributed by atoms with van der Waals surface area (Å²) in [6.45, 7) is 1.02. The summed E-state index contributed by atoms with van der Waals surface area (Å²) in [6.07, 6.45) is 4.97. The molecule has 2 aromatic heterocycles. The molecule has 1 saturated carbocycles. The van der Waals surface area contributed by atoms with E-state index in [1.54, 1.807) is 9.47 Å². The highest BCUT2D eigenvalue weighted by Gasteiger charge is 2.30. The second-order valence-corrected chi connectivity index (χ2v) is 9.86. The van der Waals surface area contributed by atoms with Crippen molar-refractivity contribution >= 4 is 40.7 Å². The molecule has 1 saturated heterocycles. The van der Waals surface area contributed by atoms with Gasteiger partial charge in [0.25, 0.3) is 0 Å². The average molecular weight is 547 g/mol. The summed E-state index contributed by atoms with van der Waals surface area (Å²) in [5, 5.41) is 6.06. The average Bonchev–Trinajstić information content (AvgIpc) is 3.30. The zero-order valence-electron chi connectivity index (χ0n) is 21.3. The Kier molecular flexibility index (Phi) is 7.44. The number of nitrogens with two attached hydrogens (primary N) is 1. The van der Waals surface area contributed by atoms with E-state index >= 15 is 0 Å². The van der Waals surface area contributed by atoms with Crippen molar-refractivity contribution in [2.24, 2.45) is 11.7 Å². The van der Waals surface area contributed by atoms with Crippen LogP contribution in [0.4, 0.5) is 35.5 Å². The molecule has 1 atom stereocenters. The summed E-state index contributed by atoms with van der Waals surface area (Å²) in [4.78, 5) is 38.9. The minimum absolute atomic E-state index is 0.105. The number of ether oxygens (including phenoxy) is 1. The number of nitrogens with one attached hydrogen (secondary N) is 2. The lowest BCUT2D eigenvalue weighted by atomic mass is 9.85. The van der Waals surface area contributed by atoms with Crippen LogP contribution in [0.3, 0.4) is 0 Å². The molecular weight excluding hydrogens is 517 g/mol. The number of halogens is 3. The predicted molar refractivity (Wildman–Crippen MR) is 136 cm³/mol. The number of aromatic nitrogens is 4. The lowest BCUT2D eigenvalue weighted by molar-refractivity contribution is -0.122. The maximum absolute atomic E-state index is 14.5. The van der Waals surface area contributed by atoms with E-state index in [4.69, 9.17) is 10.5 Å². The minimum atomic E-state index is -1.59. The highest BCUT2D eigenvalue weighted by molar-refractivity contribution is 5.78. The molecule has 208 valence electrons. The Morgan fingerprint density at radius 2 is 1.85 bits per heavy atom. The van der Waals surface area contributed by atoms with Gasteiger partial charge in [0.15, 0.2) is 23.1 Å². The van der Waals surface area contributed by atoms with Crippen molar-refractivity contribution in [1.82, 2.24) is 24.4 Å². The normalized spacial score (nSPS) is 21.5. The molecule has 1 unspecified atom stereocenters. The lowest BCUT2D eigenvalue weighted by Gasteiger charge is -2.32. The minimum Gasteiger partial charge on any atom is -0.453 e. The molecule has 1 aromatic carbocycles. The van der Waals surface area contributed by atoms with E-state index in [1.807, 2.05) is 0 Å². The number of hydrogen-bond acceptors (Lipinski definition) is 8. The largest absolute Gasteiger partial charge is 0.453 e. The van der Waals surface area contributed by atoms with Crippen LogP contribution in [-0.4, -0.2) is 62.7 Å². The molecule has 2 aliphatic rings. The van der Waals surface area contributed by atoms with Gasteiger partial charge in [0.2, 0.25) is 17.8 Å². The van der Waals surface area contributed by atoms with Gasteiger partial charge in [-0.2, -0.15) is 4.98 Å². The monoisotopic (exact) mass is 546 g/mol. The molecule has 0 bridgehead atoms. The Balaban J connectivity index is 1.48. The fraction of sp³-hybridized carbons (Fsp3) is 0.480. The van der Waals surface area contributed by atoms with Crippen molar-refractivity contribution < 1.29 is 27.5 Å². The molecule has 1 aliphatic heterocycles. The maximum Gasteiger partial charge on any atom is 0.409 e. The fourth-order valence-electron chi connectivity index (χ4n) is 5.33. The first-order chi connectivity index (χ1) is 18.7. The molecule has 3 aromatic rings. The van der Waals surface area contributed by atoms with Crippen LogP contribution in [0.15, 0.2) is 18.3 Å². The number of likely N-dealkylation sites (tertiary alicyclic amines) is 1. The van der Waals surface area contributed by atoms with Crippen LogP contribution < -0.4 is 16.4 Å². The van der Waals surface area contributed by atoms with Gasteiger partial charge in [-0.25, -0.2) is 27.9 Å². The number of methoxy groups -OCH3 is 1. The Bertz CT molecular complexity index is 1390. The van der Waals surface area contributed by atoms with E-state index in [1.165, 1.54) is 13.3 Å². The number of nitrogens with zero attached hydrogens (tertiary/aromatic N) is 5. The Labute approximate surface area is 221 Å². The summed E-state index contributed by atoms with van der Waals surface area (Å²) in [5.41, 5.74) is 6.07. The van der Waals surface area contributed by atoms with Crippen molar-refractivity contribution in [2.45, 2.75) is 50.6 Å². The van der Waals surface area contributed by atoms with Gasteiger partial charge >= 0.3 is 6.09 Å². The van der Waals surface area contributed by atoms with Gasteiger partial charge in [-0.15, -0.1) is 0 Å². The van der Waals surface area contributed by atoms with Crippen LogP contribution >= 0.6 is 0 Å². The first-order valence-electron chi connectivity index (χ1n) is 12.8. The van der Waals surface area contributed by atoms with Gasteiger partial charge in [0.1, 0.15) is 5.52 Å². The molecule has 0 radical (unpaired) electrons. The number of piperidine rings is 1. The van der Waals surface area contributed by atoms with E-state index in [9.17, 15) is 22.8 Å². The second-order valence-electron chi connectivity index (χ2n) is 9.86. The molecule has 2 fully saturated rings. The molecule has 3 heterocycles. The zero-order valence-corrected chi connectivity index (χ0v) is 21.3. The fourth-order valence-corrected chi connectivity index (χ4v) is 5.33. The number of carbonyl (C=O) groups is 2. The molecule has 2 amide bonds. The van der Waals surface area contributed by atoms with Crippen molar-refractivity contribution in [3.63, 3.8) is 0 Å².